The molecular weight excluding hydrogens is 354 g/mol. The van der Waals surface area contributed by atoms with Crippen molar-refractivity contribution in [2.45, 2.75) is 65.8 Å². The van der Waals surface area contributed by atoms with Crippen LogP contribution in [0.1, 0.15) is 71.1 Å². The Kier molecular flexibility index (Phi) is 8.43. The molecule has 1 N–H and O–H groups in total. The zero-order valence-corrected chi connectivity index (χ0v) is 18.6. The summed E-state index contributed by atoms with van der Waals surface area (Å²) in [6.45, 7) is 12.1. The molecule has 160 valence electrons. The van der Waals surface area contributed by atoms with E-state index in [0.29, 0.717) is 12.4 Å². The molecule has 1 fully saturated rings. The van der Waals surface area contributed by atoms with Crippen LogP contribution in [0.15, 0.2) is 4.52 Å². The largest absolute Gasteiger partial charge is 0.355 e. The molecule has 1 aromatic rings. The Balaban J connectivity index is 1.78. The third kappa shape index (κ3) is 6.85. The average Bonchev–Trinajstić information content (AvgIpc) is 3.12. The highest BCUT2D eigenvalue weighted by Crippen LogP contribution is 2.26. The SMILES string of the molecule is CCCCc1noc(C(C)N2CCC(C(=O)NCC(C)(C)CN(C)C)CC2)n1. The molecule has 2 rings (SSSR count). The van der Waals surface area contributed by atoms with E-state index < -0.39 is 0 Å². The molecule has 0 aliphatic carbocycles. The van der Waals surface area contributed by atoms with Crippen molar-refractivity contribution in [1.29, 1.82) is 0 Å². The average molecular weight is 394 g/mol. The maximum absolute atomic E-state index is 12.6. The molecule has 1 amide bonds. The molecule has 7 heteroatoms. The van der Waals surface area contributed by atoms with Crippen molar-refractivity contribution in [3.8, 4) is 0 Å². The maximum Gasteiger partial charge on any atom is 0.243 e. The molecular formula is C21H39N5O2. The Hall–Kier alpha value is -1.47. The minimum absolute atomic E-state index is 0.0712. The number of carbonyl (C=O) groups excluding carboxylic acids is 1. The Bertz CT molecular complexity index is 606. The van der Waals surface area contributed by atoms with Gasteiger partial charge in [-0.05, 0) is 58.8 Å². The Morgan fingerprint density at radius 2 is 2.04 bits per heavy atom. The Morgan fingerprint density at radius 1 is 1.36 bits per heavy atom. The van der Waals surface area contributed by atoms with Gasteiger partial charge in [0.05, 0.1) is 6.04 Å². The van der Waals surface area contributed by atoms with Crippen molar-refractivity contribution in [1.82, 2.24) is 25.3 Å². The lowest BCUT2D eigenvalue weighted by atomic mass is 9.91. The lowest BCUT2D eigenvalue weighted by Crippen LogP contribution is -2.45. The molecule has 2 heterocycles. The van der Waals surface area contributed by atoms with Crippen LogP contribution in [-0.4, -0.2) is 66.1 Å². The van der Waals surface area contributed by atoms with Gasteiger partial charge in [0.1, 0.15) is 0 Å². The second-order valence-electron chi connectivity index (χ2n) is 9.26. The fourth-order valence-electron chi connectivity index (χ4n) is 3.96. The predicted molar refractivity (Wildman–Crippen MR) is 111 cm³/mol. The highest BCUT2D eigenvalue weighted by atomic mass is 16.5. The van der Waals surface area contributed by atoms with E-state index in [1.54, 1.807) is 0 Å². The third-order valence-corrected chi connectivity index (χ3v) is 5.53. The highest BCUT2D eigenvalue weighted by Gasteiger charge is 2.30. The van der Waals surface area contributed by atoms with E-state index in [1.807, 2.05) is 0 Å². The molecule has 1 atom stereocenters. The molecule has 7 nitrogen and oxygen atoms in total. The van der Waals surface area contributed by atoms with Crippen LogP contribution in [0, 0.1) is 11.3 Å². The number of rotatable bonds is 10. The van der Waals surface area contributed by atoms with Gasteiger partial charge in [0.2, 0.25) is 11.8 Å². The number of unbranched alkanes of at least 4 members (excludes halogenated alkanes) is 1. The molecule has 28 heavy (non-hydrogen) atoms. The van der Waals surface area contributed by atoms with Crippen LogP contribution in [0.4, 0.5) is 0 Å². The summed E-state index contributed by atoms with van der Waals surface area (Å²) in [4.78, 5) is 21.7. The molecule has 1 aromatic heterocycles. The van der Waals surface area contributed by atoms with E-state index in [-0.39, 0.29) is 23.3 Å². The fraction of sp³-hybridized carbons (Fsp3) is 0.857. The van der Waals surface area contributed by atoms with Gasteiger partial charge in [-0.25, -0.2) is 0 Å². The summed E-state index contributed by atoms with van der Waals surface area (Å²) in [5.74, 6) is 1.79. The smallest absolute Gasteiger partial charge is 0.243 e. The zero-order chi connectivity index (χ0) is 20.7. The monoisotopic (exact) mass is 393 g/mol. The topological polar surface area (TPSA) is 74.5 Å². The van der Waals surface area contributed by atoms with Gasteiger partial charge in [-0.1, -0.05) is 32.3 Å². The zero-order valence-electron chi connectivity index (χ0n) is 18.6. The van der Waals surface area contributed by atoms with Crippen molar-refractivity contribution in [2.24, 2.45) is 11.3 Å². The van der Waals surface area contributed by atoms with Crippen molar-refractivity contribution in [2.75, 3.05) is 40.3 Å². The molecule has 0 saturated carbocycles. The number of nitrogens with zero attached hydrogens (tertiary/aromatic N) is 4. The fourth-order valence-corrected chi connectivity index (χ4v) is 3.96. The van der Waals surface area contributed by atoms with Crippen molar-refractivity contribution in [3.05, 3.63) is 11.7 Å². The van der Waals surface area contributed by atoms with Crippen molar-refractivity contribution >= 4 is 5.91 Å². The number of nitrogens with one attached hydrogen (secondary N) is 1. The van der Waals surface area contributed by atoms with Crippen LogP contribution in [0.25, 0.3) is 0 Å². The molecule has 1 aliphatic heterocycles. The quantitative estimate of drug-likeness (QED) is 0.659. The van der Waals surface area contributed by atoms with E-state index >= 15 is 0 Å². The van der Waals surface area contributed by atoms with Crippen molar-refractivity contribution < 1.29 is 9.32 Å². The summed E-state index contributed by atoms with van der Waals surface area (Å²) in [7, 11) is 4.13. The van der Waals surface area contributed by atoms with Gasteiger partial charge in [-0.15, -0.1) is 0 Å². The van der Waals surface area contributed by atoms with Gasteiger partial charge in [0.25, 0.3) is 0 Å². The Labute approximate surface area is 170 Å². The van der Waals surface area contributed by atoms with Gasteiger partial charge >= 0.3 is 0 Å². The summed E-state index contributed by atoms with van der Waals surface area (Å²) < 4.78 is 5.47. The normalized spacial score (nSPS) is 17.8. The molecule has 0 radical (unpaired) electrons. The Morgan fingerprint density at radius 3 is 2.64 bits per heavy atom. The molecule has 0 aromatic carbocycles. The van der Waals surface area contributed by atoms with Crippen molar-refractivity contribution in [3.63, 3.8) is 0 Å². The minimum atomic E-state index is 0.0712. The van der Waals surface area contributed by atoms with Gasteiger partial charge in [0, 0.05) is 25.4 Å². The van der Waals surface area contributed by atoms with Crippen LogP contribution < -0.4 is 5.32 Å². The number of likely N-dealkylation sites (tertiary alicyclic amines) is 1. The van der Waals surface area contributed by atoms with E-state index in [0.717, 1.165) is 57.6 Å². The second kappa shape index (κ2) is 10.3. The van der Waals surface area contributed by atoms with Gasteiger partial charge in [0.15, 0.2) is 5.82 Å². The van der Waals surface area contributed by atoms with Gasteiger partial charge < -0.3 is 14.7 Å². The second-order valence-corrected chi connectivity index (χ2v) is 9.26. The number of carbonyl (C=O) groups is 1. The van der Waals surface area contributed by atoms with Crippen LogP contribution in [-0.2, 0) is 11.2 Å². The number of piperidine rings is 1. The number of hydrogen-bond donors (Lipinski definition) is 1. The first-order chi connectivity index (χ1) is 13.2. The first kappa shape index (κ1) is 22.8. The van der Waals surface area contributed by atoms with E-state index in [2.05, 4.69) is 67.0 Å². The summed E-state index contributed by atoms with van der Waals surface area (Å²) in [5.41, 5.74) is 0.0712. The summed E-state index contributed by atoms with van der Waals surface area (Å²) in [6.07, 6.45) is 4.84. The first-order valence-corrected chi connectivity index (χ1v) is 10.7. The minimum Gasteiger partial charge on any atom is -0.355 e. The van der Waals surface area contributed by atoms with E-state index in [1.165, 1.54) is 0 Å². The molecule has 0 bridgehead atoms. The lowest BCUT2D eigenvalue weighted by molar-refractivity contribution is -0.127. The number of amides is 1. The van der Waals surface area contributed by atoms with Crippen LogP contribution in [0.3, 0.4) is 0 Å². The number of aryl methyl sites for hydroxylation is 1. The summed E-state index contributed by atoms with van der Waals surface area (Å²) >= 11 is 0. The summed E-state index contributed by atoms with van der Waals surface area (Å²) in [6, 6.07) is 0.103. The van der Waals surface area contributed by atoms with Crippen LogP contribution in [0.2, 0.25) is 0 Å². The standard InChI is InChI=1S/C21H39N5O2/c1-7-8-9-18-23-20(28-24-18)16(2)26-12-10-17(11-13-26)19(27)22-14-21(3,4)15-25(5)6/h16-17H,7-15H2,1-6H3,(H,22,27). The van der Waals surface area contributed by atoms with Crippen LogP contribution >= 0.6 is 0 Å². The summed E-state index contributed by atoms with van der Waals surface area (Å²) in [5, 5.41) is 7.27. The number of hydrogen-bond acceptors (Lipinski definition) is 6. The predicted octanol–water partition coefficient (Wildman–Crippen LogP) is 2.89. The third-order valence-electron chi connectivity index (χ3n) is 5.53. The lowest BCUT2D eigenvalue weighted by Gasteiger charge is -2.34. The van der Waals surface area contributed by atoms with Crippen LogP contribution in [0.5, 0.6) is 0 Å². The van der Waals surface area contributed by atoms with Gasteiger partial charge in [-0.2, -0.15) is 4.98 Å². The van der Waals surface area contributed by atoms with E-state index in [9.17, 15) is 4.79 Å². The maximum atomic E-state index is 12.6. The number of aromatic nitrogens is 2. The molecule has 1 unspecified atom stereocenters. The molecule has 1 saturated heterocycles. The van der Waals surface area contributed by atoms with E-state index in [4.69, 9.17) is 4.52 Å². The molecule has 1 aliphatic rings. The first-order valence-electron chi connectivity index (χ1n) is 10.7. The van der Waals surface area contributed by atoms with Gasteiger partial charge in [-0.3, -0.25) is 9.69 Å². The highest BCUT2D eigenvalue weighted by molar-refractivity contribution is 5.78. The molecule has 0 spiro atoms.